The van der Waals surface area contributed by atoms with E-state index in [1.807, 2.05) is 43.3 Å². The van der Waals surface area contributed by atoms with Crippen LogP contribution in [0.25, 0.3) is 21.7 Å². The van der Waals surface area contributed by atoms with Crippen molar-refractivity contribution in [2.24, 2.45) is 0 Å². The fourth-order valence-corrected chi connectivity index (χ4v) is 3.06. The average Bonchev–Trinajstić information content (AvgIpc) is 2.58. The largest absolute Gasteiger partial charge is 0.294 e. The number of hydrogen-bond acceptors (Lipinski definition) is 2. The first-order valence-electron chi connectivity index (χ1n) is 7.65. The van der Waals surface area contributed by atoms with Gasteiger partial charge in [0.2, 0.25) is 0 Å². The number of aryl methyl sites for hydroxylation is 1. The summed E-state index contributed by atoms with van der Waals surface area (Å²) in [6.07, 6.45) is 1.65. The Morgan fingerprint density at radius 1 is 0.913 bits per heavy atom. The van der Waals surface area contributed by atoms with Gasteiger partial charge in [-0.15, -0.1) is 0 Å². The van der Waals surface area contributed by atoms with Gasteiger partial charge >= 0.3 is 0 Å². The van der Waals surface area contributed by atoms with E-state index in [0.717, 1.165) is 16.6 Å². The van der Waals surface area contributed by atoms with E-state index in [4.69, 9.17) is 0 Å². The normalized spacial score (nSPS) is 11.2. The molecule has 0 aliphatic carbocycles. The van der Waals surface area contributed by atoms with Crippen molar-refractivity contribution in [2.75, 3.05) is 0 Å². The van der Waals surface area contributed by atoms with Crippen LogP contribution in [0.15, 0.2) is 71.8 Å². The molecule has 112 valence electrons. The Kier molecular flexibility index (Phi) is 3.19. The van der Waals surface area contributed by atoms with Gasteiger partial charge in [-0.3, -0.25) is 9.36 Å². The maximum atomic E-state index is 12.7. The molecule has 1 aromatic heterocycles. The third-order valence-corrected chi connectivity index (χ3v) is 4.28. The zero-order valence-corrected chi connectivity index (χ0v) is 12.9. The Balaban J connectivity index is 1.87. The minimum absolute atomic E-state index is 0.00614. The molecular weight excluding hydrogens is 284 g/mol. The predicted molar refractivity (Wildman–Crippen MR) is 93.8 cm³/mol. The molecule has 0 aliphatic rings. The van der Waals surface area contributed by atoms with Gasteiger partial charge in [0.15, 0.2) is 0 Å². The van der Waals surface area contributed by atoms with Gasteiger partial charge in [0.1, 0.15) is 0 Å². The highest BCUT2D eigenvalue weighted by Crippen LogP contribution is 2.19. The van der Waals surface area contributed by atoms with Crippen LogP contribution in [-0.4, -0.2) is 9.55 Å². The number of fused-ring (bicyclic) bond motifs is 2. The molecule has 0 spiro atoms. The van der Waals surface area contributed by atoms with Crippen LogP contribution >= 0.6 is 0 Å². The van der Waals surface area contributed by atoms with Crippen LogP contribution in [0.3, 0.4) is 0 Å². The molecule has 3 nitrogen and oxygen atoms in total. The lowest BCUT2D eigenvalue weighted by Gasteiger charge is -2.10. The van der Waals surface area contributed by atoms with Crippen LogP contribution in [0.4, 0.5) is 0 Å². The highest BCUT2D eigenvalue weighted by Gasteiger charge is 2.07. The van der Waals surface area contributed by atoms with E-state index in [2.05, 4.69) is 29.2 Å². The van der Waals surface area contributed by atoms with Crippen molar-refractivity contribution in [1.29, 1.82) is 0 Å². The van der Waals surface area contributed by atoms with Gasteiger partial charge in [-0.25, -0.2) is 4.98 Å². The topological polar surface area (TPSA) is 34.9 Å². The molecule has 4 aromatic rings. The Hall–Kier alpha value is -2.94. The molecule has 0 amide bonds. The molecule has 0 radical (unpaired) electrons. The van der Waals surface area contributed by atoms with Gasteiger partial charge in [-0.1, -0.05) is 54.6 Å². The number of aromatic nitrogens is 2. The molecule has 0 bridgehead atoms. The molecule has 3 heteroatoms. The van der Waals surface area contributed by atoms with E-state index in [1.165, 1.54) is 10.8 Å². The zero-order chi connectivity index (χ0) is 15.8. The third kappa shape index (κ3) is 2.30. The Bertz CT molecular complexity index is 1070. The van der Waals surface area contributed by atoms with E-state index in [-0.39, 0.29) is 5.56 Å². The van der Waals surface area contributed by atoms with Crippen molar-refractivity contribution in [2.45, 2.75) is 13.5 Å². The summed E-state index contributed by atoms with van der Waals surface area (Å²) in [6.45, 7) is 2.50. The van der Waals surface area contributed by atoms with E-state index >= 15 is 0 Å². The van der Waals surface area contributed by atoms with Gasteiger partial charge in [-0.05, 0) is 34.9 Å². The van der Waals surface area contributed by atoms with Crippen LogP contribution in [0.2, 0.25) is 0 Å². The van der Waals surface area contributed by atoms with E-state index in [0.29, 0.717) is 11.9 Å². The van der Waals surface area contributed by atoms with E-state index in [9.17, 15) is 4.79 Å². The maximum Gasteiger partial charge on any atom is 0.261 e. The summed E-state index contributed by atoms with van der Waals surface area (Å²) in [5.41, 5.74) is 2.94. The fourth-order valence-electron chi connectivity index (χ4n) is 3.06. The van der Waals surface area contributed by atoms with Crippen molar-refractivity contribution < 1.29 is 0 Å². The lowest BCUT2D eigenvalue weighted by molar-refractivity contribution is 0.752. The molecule has 3 aromatic carbocycles. The first-order chi connectivity index (χ1) is 11.2. The number of benzene rings is 3. The third-order valence-electron chi connectivity index (χ3n) is 4.28. The summed E-state index contributed by atoms with van der Waals surface area (Å²) in [7, 11) is 0. The van der Waals surface area contributed by atoms with Gasteiger partial charge in [-0.2, -0.15) is 0 Å². The number of hydrogen-bond donors (Lipinski definition) is 0. The monoisotopic (exact) mass is 300 g/mol. The molecule has 0 N–H and O–H groups in total. The molecule has 0 saturated carbocycles. The fraction of sp³-hybridized carbons (Fsp3) is 0.100. The SMILES string of the molecule is Cc1cccc2c(=O)n(Cc3cccc4ccccc34)cnc12. The van der Waals surface area contributed by atoms with Crippen LogP contribution in [0, 0.1) is 6.92 Å². The molecule has 0 atom stereocenters. The van der Waals surface area contributed by atoms with Gasteiger partial charge in [0.25, 0.3) is 5.56 Å². The highest BCUT2D eigenvalue weighted by molar-refractivity contribution is 5.85. The second-order valence-electron chi connectivity index (χ2n) is 5.79. The summed E-state index contributed by atoms with van der Waals surface area (Å²) < 4.78 is 1.68. The van der Waals surface area contributed by atoms with Crippen LogP contribution in [-0.2, 0) is 6.54 Å². The van der Waals surface area contributed by atoms with Crippen molar-refractivity contribution in [3.8, 4) is 0 Å². The van der Waals surface area contributed by atoms with E-state index in [1.54, 1.807) is 10.9 Å². The number of rotatable bonds is 2. The second-order valence-corrected chi connectivity index (χ2v) is 5.79. The average molecular weight is 300 g/mol. The van der Waals surface area contributed by atoms with Crippen LogP contribution in [0.1, 0.15) is 11.1 Å². The van der Waals surface area contributed by atoms with Crippen molar-refractivity contribution in [3.05, 3.63) is 88.5 Å². The summed E-state index contributed by atoms with van der Waals surface area (Å²) in [6, 6.07) is 20.1. The lowest BCUT2D eigenvalue weighted by atomic mass is 10.0. The minimum atomic E-state index is 0.00614. The van der Waals surface area contributed by atoms with Gasteiger partial charge < -0.3 is 0 Å². The second kappa shape index (κ2) is 5.36. The number of para-hydroxylation sites is 1. The molecule has 0 fully saturated rings. The molecule has 1 heterocycles. The smallest absolute Gasteiger partial charge is 0.261 e. The molecule has 0 aliphatic heterocycles. The van der Waals surface area contributed by atoms with Gasteiger partial charge in [0, 0.05) is 0 Å². The van der Waals surface area contributed by atoms with E-state index < -0.39 is 0 Å². The van der Waals surface area contributed by atoms with Crippen molar-refractivity contribution in [1.82, 2.24) is 9.55 Å². The molecule has 23 heavy (non-hydrogen) atoms. The number of nitrogens with zero attached hydrogens (tertiary/aromatic N) is 2. The first-order valence-corrected chi connectivity index (χ1v) is 7.65. The van der Waals surface area contributed by atoms with Crippen LogP contribution < -0.4 is 5.56 Å². The minimum Gasteiger partial charge on any atom is -0.294 e. The Morgan fingerprint density at radius 2 is 1.65 bits per heavy atom. The van der Waals surface area contributed by atoms with Crippen LogP contribution in [0.5, 0.6) is 0 Å². The highest BCUT2D eigenvalue weighted by atomic mass is 16.1. The van der Waals surface area contributed by atoms with Crippen molar-refractivity contribution in [3.63, 3.8) is 0 Å². The molecule has 0 unspecified atom stereocenters. The zero-order valence-electron chi connectivity index (χ0n) is 12.9. The quantitative estimate of drug-likeness (QED) is 0.562. The Morgan fingerprint density at radius 3 is 2.57 bits per heavy atom. The maximum absolute atomic E-state index is 12.7. The first kappa shape index (κ1) is 13.7. The van der Waals surface area contributed by atoms with Gasteiger partial charge in [0.05, 0.1) is 23.8 Å². The standard InChI is InChI=1S/C20H16N2O/c1-14-6-4-11-18-19(14)21-13-22(20(18)23)12-16-9-5-8-15-7-2-3-10-17(15)16/h2-11,13H,12H2,1H3. The predicted octanol–water partition coefficient (Wildman–Crippen LogP) is 3.91. The summed E-state index contributed by atoms with van der Waals surface area (Å²) in [5.74, 6) is 0. The summed E-state index contributed by atoms with van der Waals surface area (Å²) in [4.78, 5) is 17.2. The van der Waals surface area contributed by atoms with Crippen molar-refractivity contribution >= 4 is 21.7 Å². The molecule has 4 rings (SSSR count). The molecule has 0 saturated heterocycles. The summed E-state index contributed by atoms with van der Waals surface area (Å²) in [5, 5.41) is 3.03. The Labute approximate surface area is 133 Å². The summed E-state index contributed by atoms with van der Waals surface area (Å²) >= 11 is 0. The molecular formula is C20H16N2O. The lowest BCUT2D eigenvalue weighted by Crippen LogP contribution is -2.21.